The Labute approximate surface area is 115 Å². The summed E-state index contributed by atoms with van der Waals surface area (Å²) in [5.41, 5.74) is 0.627. The molecule has 0 saturated carbocycles. The first-order chi connectivity index (χ1) is 9.22. The topological polar surface area (TPSA) is 29.5 Å². The maximum Gasteiger partial charge on any atom is 0.153 e. The van der Waals surface area contributed by atoms with Gasteiger partial charge in [0.05, 0.1) is 5.56 Å². The van der Waals surface area contributed by atoms with Gasteiger partial charge in [-0.15, -0.1) is 0 Å². The van der Waals surface area contributed by atoms with Crippen LogP contribution in [-0.4, -0.2) is 36.4 Å². The van der Waals surface area contributed by atoms with E-state index in [1.165, 1.54) is 19.3 Å². The number of carbonyl (C=O) groups is 1. The Balaban J connectivity index is 1.87. The van der Waals surface area contributed by atoms with Crippen molar-refractivity contribution < 1.29 is 9.53 Å². The third-order valence-electron chi connectivity index (χ3n) is 4.03. The average Bonchev–Trinajstić information content (AvgIpc) is 2.42. The van der Waals surface area contributed by atoms with Crippen molar-refractivity contribution in [3.63, 3.8) is 0 Å². The first-order valence-corrected chi connectivity index (χ1v) is 7.15. The molecule has 1 saturated heterocycles. The summed E-state index contributed by atoms with van der Waals surface area (Å²) in [6.45, 7) is 6.14. The number of para-hydroxylation sites is 1. The monoisotopic (exact) mass is 261 g/mol. The molecule has 1 aromatic carbocycles. The molecule has 0 amide bonds. The molecule has 0 radical (unpaired) electrons. The second-order valence-electron chi connectivity index (χ2n) is 5.37. The molecular weight excluding hydrogens is 238 g/mol. The lowest BCUT2D eigenvalue weighted by molar-refractivity contribution is 0.0847. The minimum atomic E-state index is 0.627. The Morgan fingerprint density at radius 3 is 2.63 bits per heavy atom. The van der Waals surface area contributed by atoms with E-state index in [1.54, 1.807) is 6.07 Å². The molecule has 3 heteroatoms. The molecule has 3 nitrogen and oxygen atoms in total. The van der Waals surface area contributed by atoms with E-state index < -0.39 is 0 Å². The van der Waals surface area contributed by atoms with Gasteiger partial charge in [-0.1, -0.05) is 18.6 Å². The molecule has 1 fully saturated rings. The van der Waals surface area contributed by atoms with Crippen molar-refractivity contribution in [3.8, 4) is 5.75 Å². The third-order valence-corrected chi connectivity index (χ3v) is 4.03. The van der Waals surface area contributed by atoms with Crippen molar-refractivity contribution in [2.24, 2.45) is 0 Å². The molecular formula is C16H23NO2. The molecule has 0 aromatic heterocycles. The highest BCUT2D eigenvalue weighted by molar-refractivity contribution is 5.79. The fraction of sp³-hybridized carbons (Fsp3) is 0.562. The number of benzene rings is 1. The van der Waals surface area contributed by atoms with Crippen LogP contribution in [0.3, 0.4) is 0 Å². The fourth-order valence-electron chi connectivity index (χ4n) is 2.89. The van der Waals surface area contributed by atoms with Crippen LogP contribution in [0.1, 0.15) is 43.5 Å². The van der Waals surface area contributed by atoms with Crippen LogP contribution < -0.4 is 4.74 Å². The third kappa shape index (κ3) is 3.57. The zero-order chi connectivity index (χ0) is 13.7. The van der Waals surface area contributed by atoms with Crippen LogP contribution >= 0.6 is 0 Å². The van der Waals surface area contributed by atoms with Crippen LogP contribution in [0, 0.1) is 0 Å². The number of rotatable bonds is 5. The molecule has 0 N–H and O–H groups in total. The van der Waals surface area contributed by atoms with Gasteiger partial charge in [-0.25, -0.2) is 0 Å². The van der Waals surface area contributed by atoms with Gasteiger partial charge in [0.1, 0.15) is 12.4 Å². The number of likely N-dealkylation sites (tertiary alicyclic amines) is 1. The van der Waals surface area contributed by atoms with Crippen LogP contribution in [0.15, 0.2) is 24.3 Å². The Morgan fingerprint density at radius 2 is 1.95 bits per heavy atom. The van der Waals surface area contributed by atoms with E-state index in [0.717, 1.165) is 12.8 Å². The predicted octanol–water partition coefficient (Wildman–Crippen LogP) is 3.14. The molecule has 1 aliphatic heterocycles. The summed E-state index contributed by atoms with van der Waals surface area (Å²) in [5, 5.41) is 0. The van der Waals surface area contributed by atoms with E-state index in [-0.39, 0.29) is 0 Å². The maximum absolute atomic E-state index is 10.9. The van der Waals surface area contributed by atoms with Crippen molar-refractivity contribution >= 4 is 6.29 Å². The van der Waals surface area contributed by atoms with Crippen LogP contribution in [0.5, 0.6) is 5.75 Å². The molecule has 104 valence electrons. The summed E-state index contributed by atoms with van der Waals surface area (Å²) in [7, 11) is 0. The van der Waals surface area contributed by atoms with Gasteiger partial charge < -0.3 is 4.74 Å². The zero-order valence-corrected chi connectivity index (χ0v) is 11.8. The number of aldehydes is 1. The summed E-state index contributed by atoms with van der Waals surface area (Å²) < 4.78 is 5.75. The summed E-state index contributed by atoms with van der Waals surface area (Å²) in [6.07, 6.45) is 4.72. The quantitative estimate of drug-likeness (QED) is 0.763. The highest BCUT2D eigenvalue weighted by Gasteiger charge is 2.24. The number of piperidine rings is 1. The van der Waals surface area contributed by atoms with E-state index in [0.29, 0.717) is 30.0 Å². The van der Waals surface area contributed by atoms with Crippen LogP contribution in [0.2, 0.25) is 0 Å². The predicted molar refractivity (Wildman–Crippen MR) is 76.8 cm³/mol. The molecule has 1 heterocycles. The molecule has 0 spiro atoms. The van der Waals surface area contributed by atoms with E-state index in [9.17, 15) is 4.79 Å². The van der Waals surface area contributed by atoms with Gasteiger partial charge in [-0.05, 0) is 38.8 Å². The second-order valence-corrected chi connectivity index (χ2v) is 5.37. The van der Waals surface area contributed by atoms with Crippen molar-refractivity contribution in [2.45, 2.75) is 45.2 Å². The molecule has 2 rings (SSSR count). The van der Waals surface area contributed by atoms with E-state index >= 15 is 0 Å². The maximum atomic E-state index is 10.9. The Hall–Kier alpha value is -1.35. The Bertz CT molecular complexity index is 409. The number of ether oxygens (including phenoxy) is 1. The van der Waals surface area contributed by atoms with Crippen LogP contribution in [0.4, 0.5) is 0 Å². The molecule has 0 bridgehead atoms. The minimum absolute atomic E-state index is 0.627. The van der Waals surface area contributed by atoms with Gasteiger partial charge in [0.25, 0.3) is 0 Å². The van der Waals surface area contributed by atoms with Gasteiger partial charge in [-0.3, -0.25) is 9.69 Å². The highest BCUT2D eigenvalue weighted by Crippen LogP contribution is 2.22. The fourth-order valence-corrected chi connectivity index (χ4v) is 2.89. The van der Waals surface area contributed by atoms with Gasteiger partial charge >= 0.3 is 0 Å². The van der Waals surface area contributed by atoms with Gasteiger partial charge in [-0.2, -0.15) is 0 Å². The molecule has 19 heavy (non-hydrogen) atoms. The largest absolute Gasteiger partial charge is 0.492 e. The molecule has 0 aliphatic carbocycles. The lowest BCUT2D eigenvalue weighted by atomic mass is 9.98. The SMILES string of the molecule is C[C@@H]1CCC[C@H](C)N1CCOc1ccccc1C=O. The van der Waals surface area contributed by atoms with Crippen LogP contribution in [0.25, 0.3) is 0 Å². The van der Waals surface area contributed by atoms with Gasteiger partial charge in [0, 0.05) is 18.6 Å². The number of carbonyl (C=O) groups excluding carboxylic acids is 1. The molecule has 2 atom stereocenters. The van der Waals surface area contributed by atoms with Gasteiger partial charge in [0.15, 0.2) is 6.29 Å². The van der Waals surface area contributed by atoms with E-state index in [2.05, 4.69) is 18.7 Å². The zero-order valence-electron chi connectivity index (χ0n) is 11.8. The summed E-state index contributed by atoms with van der Waals surface area (Å²) in [6, 6.07) is 8.66. The highest BCUT2D eigenvalue weighted by atomic mass is 16.5. The molecule has 1 aliphatic rings. The normalized spacial score (nSPS) is 24.1. The molecule has 0 unspecified atom stereocenters. The van der Waals surface area contributed by atoms with Crippen molar-refractivity contribution in [1.29, 1.82) is 0 Å². The number of hydrogen-bond donors (Lipinski definition) is 0. The lowest BCUT2D eigenvalue weighted by Gasteiger charge is -2.38. The van der Waals surface area contributed by atoms with Crippen molar-refractivity contribution in [2.75, 3.05) is 13.2 Å². The number of nitrogens with zero attached hydrogens (tertiary/aromatic N) is 1. The van der Waals surface area contributed by atoms with Crippen molar-refractivity contribution in [3.05, 3.63) is 29.8 Å². The Morgan fingerprint density at radius 1 is 1.26 bits per heavy atom. The Kier molecular flexibility index (Phi) is 4.97. The smallest absolute Gasteiger partial charge is 0.153 e. The first kappa shape index (κ1) is 14.1. The summed E-state index contributed by atoms with van der Waals surface area (Å²) in [5.74, 6) is 0.690. The molecule has 1 aromatic rings. The van der Waals surface area contributed by atoms with E-state index in [4.69, 9.17) is 4.74 Å². The lowest BCUT2D eigenvalue weighted by Crippen LogP contribution is -2.45. The minimum Gasteiger partial charge on any atom is -0.492 e. The number of hydrogen-bond acceptors (Lipinski definition) is 3. The standard InChI is InChI=1S/C16H23NO2/c1-13-6-5-7-14(2)17(13)10-11-19-16-9-4-3-8-15(16)12-18/h3-4,8-9,12-14H,5-7,10-11H2,1-2H3/t13-,14+. The summed E-state index contributed by atoms with van der Waals surface area (Å²) >= 11 is 0. The second kappa shape index (κ2) is 6.71. The summed E-state index contributed by atoms with van der Waals surface area (Å²) in [4.78, 5) is 13.4. The first-order valence-electron chi connectivity index (χ1n) is 7.15. The van der Waals surface area contributed by atoms with E-state index in [1.807, 2.05) is 18.2 Å². The van der Waals surface area contributed by atoms with Gasteiger partial charge in [0.2, 0.25) is 0 Å². The van der Waals surface area contributed by atoms with Crippen molar-refractivity contribution in [1.82, 2.24) is 4.90 Å². The van der Waals surface area contributed by atoms with Crippen LogP contribution in [-0.2, 0) is 0 Å². The average molecular weight is 261 g/mol.